The molecular formula is C23H25N3O3S. The summed E-state index contributed by atoms with van der Waals surface area (Å²) in [7, 11) is 1.62. The van der Waals surface area contributed by atoms with Gasteiger partial charge in [0.05, 0.1) is 25.3 Å². The highest BCUT2D eigenvalue weighted by Crippen LogP contribution is 2.24. The summed E-state index contributed by atoms with van der Waals surface area (Å²) in [5.74, 6) is 0.391. The first-order valence-electron chi connectivity index (χ1n) is 9.69. The van der Waals surface area contributed by atoms with Crippen molar-refractivity contribution in [3.05, 3.63) is 76.8 Å². The number of benzene rings is 2. The van der Waals surface area contributed by atoms with Gasteiger partial charge in [-0.1, -0.05) is 56.3 Å². The zero-order valence-corrected chi connectivity index (χ0v) is 18.0. The number of carbonyl (C=O) groups is 2. The van der Waals surface area contributed by atoms with Gasteiger partial charge in [0.2, 0.25) is 11.8 Å². The first-order valence-corrected chi connectivity index (χ1v) is 10.6. The molecule has 0 saturated carbocycles. The summed E-state index contributed by atoms with van der Waals surface area (Å²) in [4.78, 5) is 28.9. The highest BCUT2D eigenvalue weighted by molar-refractivity contribution is 7.13. The fourth-order valence-electron chi connectivity index (χ4n) is 2.87. The van der Waals surface area contributed by atoms with Crippen LogP contribution in [0.5, 0.6) is 5.75 Å². The van der Waals surface area contributed by atoms with Crippen LogP contribution in [0.2, 0.25) is 0 Å². The minimum atomic E-state index is -0.289. The summed E-state index contributed by atoms with van der Waals surface area (Å²) >= 11 is 1.32. The van der Waals surface area contributed by atoms with E-state index in [1.807, 2.05) is 68.4 Å². The summed E-state index contributed by atoms with van der Waals surface area (Å²) in [5.41, 5.74) is 2.57. The number of ether oxygens (including phenoxy) is 1. The van der Waals surface area contributed by atoms with Gasteiger partial charge >= 0.3 is 0 Å². The number of anilines is 1. The predicted molar refractivity (Wildman–Crippen MR) is 119 cm³/mol. The quantitative estimate of drug-likeness (QED) is 0.569. The van der Waals surface area contributed by atoms with E-state index in [0.717, 1.165) is 16.9 Å². The average Bonchev–Trinajstić information content (AvgIpc) is 3.19. The Morgan fingerprint density at radius 1 is 1.03 bits per heavy atom. The number of carbonyl (C=O) groups excluding carboxylic acids is 2. The number of nitrogens with one attached hydrogen (secondary N) is 2. The Morgan fingerprint density at radius 3 is 2.33 bits per heavy atom. The van der Waals surface area contributed by atoms with E-state index >= 15 is 0 Å². The molecule has 0 aliphatic heterocycles. The minimum absolute atomic E-state index is 0.0935. The molecule has 2 amide bonds. The van der Waals surface area contributed by atoms with E-state index in [1.54, 1.807) is 12.5 Å². The number of aromatic nitrogens is 1. The van der Waals surface area contributed by atoms with E-state index in [9.17, 15) is 9.59 Å². The summed E-state index contributed by atoms with van der Waals surface area (Å²) in [6.07, 6.45) is 0.132. The molecule has 3 rings (SSSR count). The first kappa shape index (κ1) is 21.5. The van der Waals surface area contributed by atoms with Crippen LogP contribution in [0, 0.1) is 5.92 Å². The van der Waals surface area contributed by atoms with E-state index in [0.29, 0.717) is 10.8 Å². The maximum absolute atomic E-state index is 12.8. The molecule has 156 valence electrons. The van der Waals surface area contributed by atoms with Gasteiger partial charge in [-0.05, 0) is 23.3 Å². The van der Waals surface area contributed by atoms with Gasteiger partial charge in [-0.15, -0.1) is 11.3 Å². The maximum atomic E-state index is 12.8. The molecule has 3 aromatic rings. The van der Waals surface area contributed by atoms with E-state index < -0.39 is 0 Å². The fourth-order valence-corrected chi connectivity index (χ4v) is 3.59. The molecule has 0 spiro atoms. The van der Waals surface area contributed by atoms with E-state index in [2.05, 4.69) is 15.6 Å². The number of nitrogens with zero attached hydrogens (tertiary/aromatic N) is 1. The van der Waals surface area contributed by atoms with Crippen LogP contribution in [-0.4, -0.2) is 23.9 Å². The third-order valence-electron chi connectivity index (χ3n) is 4.54. The fraction of sp³-hybridized carbons (Fsp3) is 0.261. The predicted octanol–water partition coefficient (Wildman–Crippen LogP) is 4.19. The third kappa shape index (κ3) is 5.67. The van der Waals surface area contributed by atoms with Crippen molar-refractivity contribution in [3.8, 4) is 5.75 Å². The van der Waals surface area contributed by atoms with Gasteiger partial charge < -0.3 is 15.4 Å². The summed E-state index contributed by atoms with van der Waals surface area (Å²) in [5, 5.41) is 8.16. The van der Waals surface area contributed by atoms with E-state index in [4.69, 9.17) is 4.74 Å². The van der Waals surface area contributed by atoms with Crippen molar-refractivity contribution >= 4 is 28.3 Å². The van der Waals surface area contributed by atoms with Crippen molar-refractivity contribution in [2.24, 2.45) is 5.92 Å². The second-order valence-electron chi connectivity index (χ2n) is 7.15. The molecule has 0 fully saturated rings. The Hall–Kier alpha value is -3.19. The Balaban J connectivity index is 1.72. The lowest BCUT2D eigenvalue weighted by Crippen LogP contribution is -2.30. The monoisotopic (exact) mass is 423 g/mol. The lowest BCUT2D eigenvalue weighted by molar-refractivity contribution is -0.121. The molecular weight excluding hydrogens is 398 g/mol. The Morgan fingerprint density at radius 2 is 1.70 bits per heavy atom. The summed E-state index contributed by atoms with van der Waals surface area (Å²) < 4.78 is 5.23. The van der Waals surface area contributed by atoms with Crippen molar-refractivity contribution < 1.29 is 14.3 Å². The lowest BCUT2D eigenvalue weighted by atomic mass is 9.98. The third-order valence-corrected chi connectivity index (χ3v) is 5.34. The van der Waals surface area contributed by atoms with Crippen molar-refractivity contribution in [3.63, 3.8) is 0 Å². The van der Waals surface area contributed by atoms with Crippen LogP contribution in [0.25, 0.3) is 0 Å². The zero-order valence-electron chi connectivity index (χ0n) is 17.2. The van der Waals surface area contributed by atoms with Crippen LogP contribution in [0.15, 0.2) is 60.0 Å². The van der Waals surface area contributed by atoms with Crippen LogP contribution in [0.1, 0.15) is 36.7 Å². The minimum Gasteiger partial charge on any atom is -0.497 e. The van der Waals surface area contributed by atoms with Crippen LogP contribution < -0.4 is 15.4 Å². The highest BCUT2D eigenvalue weighted by atomic mass is 32.1. The second kappa shape index (κ2) is 10.0. The Bertz CT molecular complexity index is 984. The van der Waals surface area contributed by atoms with E-state index in [1.165, 1.54) is 11.3 Å². The molecule has 2 aromatic carbocycles. The number of methoxy groups -OCH3 is 1. The lowest BCUT2D eigenvalue weighted by Gasteiger charge is -2.20. The molecule has 1 heterocycles. The summed E-state index contributed by atoms with van der Waals surface area (Å²) in [6.45, 7) is 3.64. The van der Waals surface area contributed by atoms with Gasteiger partial charge in [0.15, 0.2) is 5.13 Å². The van der Waals surface area contributed by atoms with Crippen LogP contribution in [0.3, 0.4) is 0 Å². The molecule has 1 unspecified atom stereocenters. The number of thiazole rings is 1. The zero-order chi connectivity index (χ0) is 21.5. The maximum Gasteiger partial charge on any atom is 0.228 e. The molecule has 1 atom stereocenters. The number of hydrogen-bond donors (Lipinski definition) is 2. The number of rotatable bonds is 8. The average molecular weight is 424 g/mol. The second-order valence-corrected chi connectivity index (χ2v) is 8.01. The molecule has 0 radical (unpaired) electrons. The van der Waals surface area contributed by atoms with Crippen LogP contribution in [0.4, 0.5) is 5.13 Å². The van der Waals surface area contributed by atoms with Gasteiger partial charge in [0, 0.05) is 11.3 Å². The first-order chi connectivity index (χ1) is 14.5. The Kier molecular flexibility index (Phi) is 7.19. The smallest absolute Gasteiger partial charge is 0.228 e. The molecule has 0 bridgehead atoms. The molecule has 2 N–H and O–H groups in total. The van der Waals surface area contributed by atoms with Crippen LogP contribution >= 0.6 is 11.3 Å². The van der Waals surface area contributed by atoms with Crippen LogP contribution in [-0.2, 0) is 16.0 Å². The number of hydrogen-bond acceptors (Lipinski definition) is 5. The topological polar surface area (TPSA) is 80.3 Å². The SMILES string of the molecule is COc1ccc(C(NC(=O)Cc2csc(NC(=O)C(C)C)n2)c2ccccc2)cc1. The largest absolute Gasteiger partial charge is 0.497 e. The standard InChI is InChI=1S/C23H25N3O3S/c1-15(2)22(28)26-23-24-18(14-30-23)13-20(27)25-21(16-7-5-4-6-8-16)17-9-11-19(29-3)12-10-17/h4-12,14-15,21H,13H2,1-3H3,(H,25,27)(H,24,26,28). The van der Waals surface area contributed by atoms with Crippen molar-refractivity contribution in [2.45, 2.75) is 26.3 Å². The molecule has 7 heteroatoms. The molecule has 1 aromatic heterocycles. The van der Waals surface area contributed by atoms with Crippen molar-refractivity contribution in [2.75, 3.05) is 12.4 Å². The van der Waals surface area contributed by atoms with Gasteiger partial charge in [0.25, 0.3) is 0 Å². The Labute approximate surface area is 180 Å². The molecule has 0 aliphatic rings. The van der Waals surface area contributed by atoms with Gasteiger partial charge in [-0.3, -0.25) is 9.59 Å². The normalized spacial score (nSPS) is 11.7. The highest BCUT2D eigenvalue weighted by Gasteiger charge is 2.18. The van der Waals surface area contributed by atoms with E-state index in [-0.39, 0.29) is 30.2 Å². The van der Waals surface area contributed by atoms with Gasteiger partial charge in [-0.2, -0.15) is 0 Å². The van der Waals surface area contributed by atoms with Gasteiger partial charge in [-0.25, -0.2) is 4.98 Å². The molecule has 0 aliphatic carbocycles. The van der Waals surface area contributed by atoms with Crippen molar-refractivity contribution in [1.82, 2.24) is 10.3 Å². The van der Waals surface area contributed by atoms with Gasteiger partial charge in [0.1, 0.15) is 5.75 Å². The molecule has 0 saturated heterocycles. The number of amides is 2. The molecule has 6 nitrogen and oxygen atoms in total. The molecule has 30 heavy (non-hydrogen) atoms. The summed E-state index contributed by atoms with van der Waals surface area (Å²) in [6, 6.07) is 17.2. The van der Waals surface area contributed by atoms with Crippen molar-refractivity contribution in [1.29, 1.82) is 0 Å².